The van der Waals surface area contributed by atoms with Crippen molar-refractivity contribution in [3.05, 3.63) is 59.8 Å². The summed E-state index contributed by atoms with van der Waals surface area (Å²) in [4.78, 5) is 14.5. The topological polar surface area (TPSA) is 75.8 Å². The first-order valence-electron chi connectivity index (χ1n) is 11.7. The molecule has 0 radical (unpaired) electrons. The van der Waals surface area contributed by atoms with Gasteiger partial charge in [-0.05, 0) is 56.2 Å². The molecule has 1 aromatic heterocycles. The van der Waals surface area contributed by atoms with E-state index in [4.69, 9.17) is 14.4 Å². The maximum Gasteiger partial charge on any atom is 0.316 e. The van der Waals surface area contributed by atoms with E-state index in [1.165, 1.54) is 0 Å². The Morgan fingerprint density at radius 1 is 1.06 bits per heavy atom. The summed E-state index contributed by atoms with van der Waals surface area (Å²) in [5, 5.41) is 13.2. The highest BCUT2D eigenvalue weighted by Crippen LogP contribution is 2.49. The first-order valence-corrected chi connectivity index (χ1v) is 11.7. The molecule has 0 atom stereocenters. The average Bonchev–Trinajstić information content (AvgIpc) is 3.56. The number of ether oxygens (including phenoxy) is 1. The van der Waals surface area contributed by atoms with E-state index in [2.05, 4.69) is 46.5 Å². The number of hydrogen-bond donors (Lipinski definition) is 1. The van der Waals surface area contributed by atoms with E-state index in [1.807, 2.05) is 33.0 Å². The molecule has 1 saturated carbocycles. The number of unbranched alkanes of at least 4 members (excludes halogenated alkanes) is 1. The van der Waals surface area contributed by atoms with Crippen molar-refractivity contribution in [1.29, 1.82) is 0 Å². The van der Waals surface area contributed by atoms with Crippen molar-refractivity contribution in [2.45, 2.75) is 44.9 Å². The summed E-state index contributed by atoms with van der Waals surface area (Å²) >= 11 is 0. The molecule has 0 aliphatic heterocycles. The van der Waals surface area contributed by atoms with Gasteiger partial charge in [0.2, 0.25) is 0 Å². The van der Waals surface area contributed by atoms with Crippen LogP contribution in [0.2, 0.25) is 0 Å². The number of hydrogen-bond acceptors (Lipinski definition) is 6. The number of carbonyl (C=O) groups excluding carboxylic acids is 1. The summed E-state index contributed by atoms with van der Waals surface area (Å²) in [7, 11) is 2.03. The Morgan fingerprint density at radius 2 is 1.67 bits per heavy atom. The molecular formula is C27H32N2O4. The molecule has 4 rings (SSSR count). The summed E-state index contributed by atoms with van der Waals surface area (Å²) in [5.74, 6) is 0.646. The van der Waals surface area contributed by atoms with Crippen molar-refractivity contribution in [1.82, 2.24) is 5.16 Å². The molecule has 1 aliphatic rings. The molecule has 1 aliphatic carbocycles. The predicted octanol–water partition coefficient (Wildman–Crippen LogP) is 5.12. The first kappa shape index (κ1) is 23.1. The van der Waals surface area contributed by atoms with Crippen molar-refractivity contribution in [2.24, 2.45) is 0 Å². The van der Waals surface area contributed by atoms with Gasteiger partial charge in [-0.2, -0.15) is 0 Å². The Kier molecular flexibility index (Phi) is 6.84. The van der Waals surface area contributed by atoms with E-state index < -0.39 is 5.41 Å². The number of aliphatic hydroxyl groups excluding tert-OH is 1. The van der Waals surface area contributed by atoms with Gasteiger partial charge in [0.1, 0.15) is 11.4 Å². The van der Waals surface area contributed by atoms with E-state index in [9.17, 15) is 4.79 Å². The van der Waals surface area contributed by atoms with Gasteiger partial charge in [0.25, 0.3) is 0 Å². The van der Waals surface area contributed by atoms with Crippen molar-refractivity contribution in [3.8, 4) is 22.5 Å². The van der Waals surface area contributed by atoms with E-state index in [0.717, 1.165) is 71.6 Å². The van der Waals surface area contributed by atoms with Crippen LogP contribution in [0.5, 0.6) is 0 Å². The molecule has 0 saturated heterocycles. The SMILES string of the molecule is CCOC(=O)C1(c2ccc(-c3ccc(-c4onc(C)c4N(C)CCCCO)cc3)cc2)CC1. The summed E-state index contributed by atoms with van der Waals surface area (Å²) < 4.78 is 11.0. The molecule has 1 heterocycles. The molecule has 3 aromatic rings. The highest BCUT2D eigenvalue weighted by molar-refractivity contribution is 5.87. The fraction of sp³-hybridized carbons (Fsp3) is 0.407. The lowest BCUT2D eigenvalue weighted by molar-refractivity contribution is -0.146. The zero-order valence-electron chi connectivity index (χ0n) is 19.6. The van der Waals surface area contributed by atoms with Crippen molar-refractivity contribution in [2.75, 3.05) is 31.7 Å². The van der Waals surface area contributed by atoms with Crippen LogP contribution in [0.1, 0.15) is 43.9 Å². The summed E-state index contributed by atoms with van der Waals surface area (Å²) in [6, 6.07) is 16.5. The van der Waals surface area contributed by atoms with Gasteiger partial charge in [0, 0.05) is 25.8 Å². The zero-order chi connectivity index (χ0) is 23.4. The quantitative estimate of drug-likeness (QED) is 0.343. The molecule has 174 valence electrons. The summed E-state index contributed by atoms with van der Waals surface area (Å²) in [5.41, 5.74) is 5.60. The van der Waals surface area contributed by atoms with Crippen LogP contribution in [0.25, 0.3) is 22.5 Å². The second-order valence-corrected chi connectivity index (χ2v) is 8.76. The first-order chi connectivity index (χ1) is 16.0. The number of benzene rings is 2. The summed E-state index contributed by atoms with van der Waals surface area (Å²) in [6.45, 7) is 5.24. The Hall–Kier alpha value is -3.12. The van der Waals surface area contributed by atoms with Crippen LogP contribution in [0.15, 0.2) is 53.1 Å². The lowest BCUT2D eigenvalue weighted by Gasteiger charge is -2.19. The smallest absolute Gasteiger partial charge is 0.316 e. The van der Waals surface area contributed by atoms with Crippen LogP contribution >= 0.6 is 0 Å². The maximum atomic E-state index is 12.4. The average molecular weight is 449 g/mol. The maximum absolute atomic E-state index is 12.4. The number of esters is 1. The highest BCUT2D eigenvalue weighted by Gasteiger charge is 2.52. The minimum Gasteiger partial charge on any atom is -0.465 e. The normalized spacial score (nSPS) is 14.2. The van der Waals surface area contributed by atoms with Crippen LogP contribution in [-0.2, 0) is 14.9 Å². The number of carbonyl (C=O) groups is 1. The minimum atomic E-state index is -0.442. The third kappa shape index (κ3) is 4.67. The Balaban J connectivity index is 1.51. The van der Waals surface area contributed by atoms with Gasteiger partial charge in [-0.15, -0.1) is 0 Å². The Morgan fingerprint density at radius 3 is 2.24 bits per heavy atom. The van der Waals surface area contributed by atoms with Gasteiger partial charge in [-0.3, -0.25) is 4.79 Å². The highest BCUT2D eigenvalue weighted by atomic mass is 16.5. The molecule has 2 aromatic carbocycles. The predicted molar refractivity (Wildman–Crippen MR) is 129 cm³/mol. The number of aromatic nitrogens is 1. The van der Waals surface area contributed by atoms with Gasteiger partial charge in [-0.25, -0.2) is 0 Å². The molecule has 0 amide bonds. The number of nitrogens with zero attached hydrogens (tertiary/aromatic N) is 2. The third-order valence-corrected chi connectivity index (χ3v) is 6.45. The lowest BCUT2D eigenvalue weighted by Crippen LogP contribution is -2.23. The van der Waals surface area contributed by atoms with E-state index >= 15 is 0 Å². The summed E-state index contributed by atoms with van der Waals surface area (Å²) in [6.07, 6.45) is 3.39. The van der Waals surface area contributed by atoms with Crippen molar-refractivity contribution in [3.63, 3.8) is 0 Å². The fourth-order valence-electron chi connectivity index (χ4n) is 4.38. The standard InChI is InChI=1S/C27H32N2O4/c1-4-32-26(31)27(15-16-27)23-13-11-21(12-14-23)20-7-9-22(10-8-20)25-24(19(2)28-33-25)29(3)17-5-6-18-30/h7-14,30H,4-6,15-18H2,1-3H3. The minimum absolute atomic E-state index is 0.110. The molecule has 1 N–H and O–H groups in total. The number of aryl methyl sites for hydroxylation is 1. The van der Waals surface area contributed by atoms with Gasteiger partial charge in [-0.1, -0.05) is 53.7 Å². The number of rotatable bonds is 10. The fourth-order valence-corrected chi connectivity index (χ4v) is 4.38. The van der Waals surface area contributed by atoms with Gasteiger partial charge < -0.3 is 19.3 Å². The van der Waals surface area contributed by atoms with Crippen LogP contribution in [0.4, 0.5) is 5.69 Å². The van der Waals surface area contributed by atoms with Crippen molar-refractivity contribution >= 4 is 11.7 Å². The molecule has 0 bridgehead atoms. The number of anilines is 1. The van der Waals surface area contributed by atoms with Gasteiger partial charge in [0.15, 0.2) is 5.76 Å². The third-order valence-electron chi connectivity index (χ3n) is 6.45. The Labute approximate surface area is 195 Å². The molecule has 6 heteroatoms. The van der Waals surface area contributed by atoms with Gasteiger partial charge in [0.05, 0.1) is 12.0 Å². The second-order valence-electron chi connectivity index (χ2n) is 8.76. The second kappa shape index (κ2) is 9.79. The van der Waals surface area contributed by atoms with E-state index in [1.54, 1.807) is 0 Å². The Bertz CT molecular complexity index is 1080. The zero-order valence-corrected chi connectivity index (χ0v) is 19.6. The molecule has 33 heavy (non-hydrogen) atoms. The molecule has 0 unspecified atom stereocenters. The van der Waals surface area contributed by atoms with Crippen LogP contribution < -0.4 is 4.90 Å². The monoisotopic (exact) mass is 448 g/mol. The molecule has 1 fully saturated rings. The van der Waals surface area contributed by atoms with E-state index in [0.29, 0.717) is 6.61 Å². The van der Waals surface area contributed by atoms with Gasteiger partial charge >= 0.3 is 5.97 Å². The lowest BCUT2D eigenvalue weighted by atomic mass is 9.93. The largest absolute Gasteiger partial charge is 0.465 e. The molecule has 6 nitrogen and oxygen atoms in total. The van der Waals surface area contributed by atoms with Crippen LogP contribution in [0, 0.1) is 6.92 Å². The molecular weight excluding hydrogens is 416 g/mol. The molecule has 0 spiro atoms. The van der Waals surface area contributed by atoms with Crippen molar-refractivity contribution < 1.29 is 19.2 Å². The van der Waals surface area contributed by atoms with Crippen LogP contribution in [-0.4, -0.2) is 43.0 Å². The van der Waals surface area contributed by atoms with E-state index in [-0.39, 0.29) is 12.6 Å². The van der Waals surface area contributed by atoms with Crippen LogP contribution in [0.3, 0.4) is 0 Å². The number of aliphatic hydroxyl groups is 1.